The summed E-state index contributed by atoms with van der Waals surface area (Å²) in [5, 5.41) is 8.49. The topological polar surface area (TPSA) is 93.9 Å². The molecule has 7 nitrogen and oxygen atoms in total. The van der Waals surface area contributed by atoms with Crippen molar-refractivity contribution in [1.82, 2.24) is 14.8 Å². The molecule has 0 amide bonds. The van der Waals surface area contributed by atoms with Gasteiger partial charge >= 0.3 is 0 Å². The van der Waals surface area contributed by atoms with Gasteiger partial charge in [-0.25, -0.2) is 13.1 Å². The molecule has 2 aliphatic rings. The second-order valence-corrected chi connectivity index (χ2v) is 10.0. The first-order chi connectivity index (χ1) is 13.9. The van der Waals surface area contributed by atoms with Crippen LogP contribution in [0.3, 0.4) is 0 Å². The number of aromatic nitrogens is 3. The van der Waals surface area contributed by atoms with Crippen LogP contribution in [0.1, 0.15) is 12.8 Å². The number of hydrogen-bond donors (Lipinski definition) is 1. The van der Waals surface area contributed by atoms with Crippen molar-refractivity contribution in [2.45, 2.75) is 18.5 Å². The highest BCUT2D eigenvalue weighted by molar-refractivity contribution is 7.91. The van der Waals surface area contributed by atoms with Gasteiger partial charge in [-0.3, -0.25) is 4.79 Å². The van der Waals surface area contributed by atoms with Crippen LogP contribution < -0.4 is 10.9 Å². The molecule has 1 aromatic heterocycles. The molecule has 9 heteroatoms. The van der Waals surface area contributed by atoms with Gasteiger partial charge in [-0.05, 0) is 31.0 Å². The lowest BCUT2D eigenvalue weighted by Crippen LogP contribution is -2.54. The molecule has 1 atom stereocenters. The van der Waals surface area contributed by atoms with Crippen LogP contribution in [0.25, 0.3) is 22.6 Å². The van der Waals surface area contributed by atoms with E-state index >= 15 is 0 Å². The van der Waals surface area contributed by atoms with E-state index in [1.807, 2.05) is 18.2 Å². The molecule has 0 aliphatic carbocycles. The van der Waals surface area contributed by atoms with Crippen molar-refractivity contribution in [3.8, 4) is 22.6 Å². The zero-order valence-corrected chi connectivity index (χ0v) is 16.9. The van der Waals surface area contributed by atoms with Crippen LogP contribution >= 0.6 is 11.6 Å². The maximum Gasteiger partial charge on any atom is 0.300 e. The maximum absolute atomic E-state index is 12.8. The Morgan fingerprint density at radius 3 is 2.69 bits per heavy atom. The molecule has 148 valence electrons. The van der Waals surface area contributed by atoms with Gasteiger partial charge in [0.1, 0.15) is 5.66 Å². The monoisotopic (exact) mass is 428 g/mol. The van der Waals surface area contributed by atoms with Crippen molar-refractivity contribution in [1.29, 1.82) is 0 Å². The molecule has 0 bridgehead atoms. The Labute approximate surface area is 172 Å². The van der Waals surface area contributed by atoms with Crippen LogP contribution in [0.2, 0.25) is 5.02 Å². The number of sulfone groups is 1. The average Bonchev–Trinajstić information content (AvgIpc) is 2.68. The molecule has 0 saturated carbocycles. The van der Waals surface area contributed by atoms with Crippen LogP contribution in [0.5, 0.6) is 0 Å². The first-order valence-electron chi connectivity index (χ1n) is 9.23. The summed E-state index contributed by atoms with van der Waals surface area (Å²) >= 11 is 6.17. The summed E-state index contributed by atoms with van der Waals surface area (Å²) in [6.45, 7) is 0. The highest BCUT2D eigenvalue weighted by Gasteiger charge is 2.46. The summed E-state index contributed by atoms with van der Waals surface area (Å²) in [4.78, 5) is 17.1. The van der Waals surface area contributed by atoms with E-state index in [9.17, 15) is 13.2 Å². The summed E-state index contributed by atoms with van der Waals surface area (Å²) in [6.07, 6.45) is 1.04. The van der Waals surface area contributed by atoms with E-state index in [2.05, 4.69) is 15.4 Å². The SMILES string of the molecule is O=c1nc2n(nc1-c1ccccc1)C1(CCCS(=O)(=O)C1)Nc1ccc(Cl)cc1-2. The maximum atomic E-state index is 12.8. The van der Waals surface area contributed by atoms with Gasteiger partial charge in [0, 0.05) is 21.8 Å². The van der Waals surface area contributed by atoms with E-state index in [0.29, 0.717) is 40.5 Å². The average molecular weight is 429 g/mol. The Morgan fingerprint density at radius 2 is 1.93 bits per heavy atom. The van der Waals surface area contributed by atoms with Crippen molar-refractivity contribution in [3.63, 3.8) is 0 Å². The largest absolute Gasteiger partial charge is 0.360 e. The van der Waals surface area contributed by atoms with Crippen LogP contribution in [0.4, 0.5) is 5.69 Å². The second-order valence-electron chi connectivity index (χ2n) is 7.41. The highest BCUT2D eigenvalue weighted by Crippen LogP contribution is 2.42. The molecule has 2 aliphatic heterocycles. The molecule has 1 unspecified atom stereocenters. The lowest BCUT2D eigenvalue weighted by Gasteiger charge is -2.43. The fraction of sp³-hybridized carbons (Fsp3) is 0.250. The van der Waals surface area contributed by atoms with E-state index in [4.69, 9.17) is 11.6 Å². The minimum Gasteiger partial charge on any atom is -0.360 e. The Hall–Kier alpha value is -2.71. The molecule has 29 heavy (non-hydrogen) atoms. The van der Waals surface area contributed by atoms with Crippen molar-refractivity contribution in [2.75, 3.05) is 16.8 Å². The number of benzene rings is 2. The van der Waals surface area contributed by atoms with Gasteiger partial charge in [-0.1, -0.05) is 41.9 Å². The van der Waals surface area contributed by atoms with Gasteiger partial charge in [0.05, 0.1) is 11.5 Å². The molecule has 1 N–H and O–H groups in total. The molecular weight excluding hydrogens is 412 g/mol. The van der Waals surface area contributed by atoms with Gasteiger partial charge in [0.15, 0.2) is 21.4 Å². The van der Waals surface area contributed by atoms with Crippen molar-refractivity contribution < 1.29 is 8.42 Å². The minimum atomic E-state index is -3.29. The normalized spacial score (nSPS) is 21.8. The molecule has 5 rings (SSSR count). The summed E-state index contributed by atoms with van der Waals surface area (Å²) in [5.74, 6) is 0.335. The van der Waals surface area contributed by atoms with Gasteiger partial charge < -0.3 is 5.32 Å². The standard InChI is InChI=1S/C20H17ClN4O3S/c21-14-7-8-16-15(11-14)18-22-19(26)17(13-5-2-1-3-6-13)24-25(18)20(23-16)9-4-10-29(27,28)12-20/h1-3,5-8,11,23H,4,9-10,12H2. The molecule has 2 aromatic carbocycles. The number of nitrogens with one attached hydrogen (secondary N) is 1. The van der Waals surface area contributed by atoms with E-state index in [1.165, 1.54) is 0 Å². The van der Waals surface area contributed by atoms with Crippen LogP contribution in [0.15, 0.2) is 53.3 Å². The Morgan fingerprint density at radius 1 is 1.14 bits per heavy atom. The smallest absolute Gasteiger partial charge is 0.300 e. The Kier molecular flexibility index (Phi) is 4.04. The summed E-state index contributed by atoms with van der Waals surface area (Å²) in [5.41, 5.74) is 0.652. The van der Waals surface area contributed by atoms with E-state index in [-0.39, 0.29) is 17.2 Å². The minimum absolute atomic E-state index is 0.124. The first-order valence-corrected chi connectivity index (χ1v) is 11.4. The summed E-state index contributed by atoms with van der Waals surface area (Å²) in [7, 11) is -3.29. The Balaban J connectivity index is 1.81. The number of hydrogen-bond acceptors (Lipinski definition) is 6. The molecule has 1 fully saturated rings. The quantitative estimate of drug-likeness (QED) is 0.640. The summed E-state index contributed by atoms with van der Waals surface area (Å²) in [6, 6.07) is 14.2. The number of nitrogens with zero attached hydrogens (tertiary/aromatic N) is 3. The van der Waals surface area contributed by atoms with Gasteiger partial charge in [-0.15, -0.1) is 0 Å². The molecule has 1 spiro atoms. The molecule has 3 heterocycles. The van der Waals surface area contributed by atoms with Crippen LogP contribution in [-0.2, 0) is 15.5 Å². The fourth-order valence-electron chi connectivity index (χ4n) is 4.11. The number of rotatable bonds is 1. The van der Waals surface area contributed by atoms with Gasteiger partial charge in [-0.2, -0.15) is 10.1 Å². The van der Waals surface area contributed by atoms with Crippen molar-refractivity contribution >= 4 is 27.1 Å². The third-order valence-electron chi connectivity index (χ3n) is 5.36. The zero-order valence-electron chi connectivity index (χ0n) is 15.3. The molecule has 3 aromatic rings. The Bertz CT molecular complexity index is 1290. The first kappa shape index (κ1) is 18.3. The van der Waals surface area contributed by atoms with Crippen LogP contribution in [0, 0.1) is 0 Å². The van der Waals surface area contributed by atoms with Crippen LogP contribution in [-0.4, -0.2) is 34.7 Å². The summed E-state index contributed by atoms with van der Waals surface area (Å²) < 4.78 is 26.7. The van der Waals surface area contributed by atoms with Crippen molar-refractivity contribution in [2.24, 2.45) is 0 Å². The highest BCUT2D eigenvalue weighted by atomic mass is 35.5. The molecular formula is C20H17ClN4O3S. The zero-order chi connectivity index (χ0) is 20.2. The number of fused-ring (bicyclic) bond motifs is 4. The van der Waals surface area contributed by atoms with Gasteiger partial charge in [0.25, 0.3) is 5.56 Å². The van der Waals surface area contributed by atoms with E-state index in [0.717, 1.165) is 0 Å². The fourth-order valence-corrected chi connectivity index (χ4v) is 6.08. The third kappa shape index (κ3) is 3.03. The third-order valence-corrected chi connectivity index (χ3v) is 7.42. The predicted octanol–water partition coefficient (Wildman–Crippen LogP) is 2.91. The van der Waals surface area contributed by atoms with Crippen molar-refractivity contribution in [3.05, 3.63) is 63.9 Å². The van der Waals surface area contributed by atoms with E-state index < -0.39 is 21.1 Å². The number of anilines is 1. The lowest BCUT2D eigenvalue weighted by molar-refractivity contribution is 0.290. The molecule has 0 radical (unpaired) electrons. The second kappa shape index (κ2) is 6.40. The number of halogens is 1. The molecule has 1 saturated heterocycles. The predicted molar refractivity (Wildman–Crippen MR) is 112 cm³/mol. The lowest BCUT2D eigenvalue weighted by atomic mass is 9.99. The van der Waals surface area contributed by atoms with Gasteiger partial charge in [0.2, 0.25) is 0 Å². The van der Waals surface area contributed by atoms with E-state index in [1.54, 1.807) is 35.0 Å².